The standard InChI is InChI=1S/C27H27N.C2H6/c1-25(2)18-19-26(3,4)27(25)21-14-8-10-16-23(21)28(20-12-6-5-7-13-20)24-17-11-9-15-22(24)27;1-2/h5-19H,1-4H3;1-2H3. The Morgan fingerprint density at radius 3 is 1.40 bits per heavy atom. The predicted octanol–water partition coefficient (Wildman–Crippen LogP) is 8.40. The molecule has 0 unspecified atom stereocenters. The van der Waals surface area contributed by atoms with E-state index >= 15 is 0 Å². The van der Waals surface area contributed by atoms with E-state index in [9.17, 15) is 0 Å². The first-order chi connectivity index (χ1) is 14.4. The molecule has 0 N–H and O–H groups in total. The highest BCUT2D eigenvalue weighted by molar-refractivity contribution is 5.87. The van der Waals surface area contributed by atoms with Gasteiger partial charge in [0, 0.05) is 11.1 Å². The minimum absolute atomic E-state index is 0.00544. The SMILES string of the molecule is CC.CC1(C)C=CC(C)(C)C12c1ccccc1N(c1ccccc1)c1ccccc12. The summed E-state index contributed by atoms with van der Waals surface area (Å²) >= 11 is 0. The molecule has 0 atom stereocenters. The molecule has 5 rings (SSSR count). The third kappa shape index (κ3) is 2.54. The topological polar surface area (TPSA) is 3.24 Å². The lowest BCUT2D eigenvalue weighted by Crippen LogP contribution is -2.51. The van der Waals surface area contributed by atoms with Gasteiger partial charge in [-0.15, -0.1) is 0 Å². The van der Waals surface area contributed by atoms with Crippen LogP contribution in [0.1, 0.15) is 52.7 Å². The van der Waals surface area contributed by atoms with Gasteiger partial charge in [0.2, 0.25) is 0 Å². The quantitative estimate of drug-likeness (QED) is 0.374. The first-order valence-electron chi connectivity index (χ1n) is 11.1. The zero-order chi connectivity index (χ0) is 21.6. The Morgan fingerprint density at radius 2 is 0.933 bits per heavy atom. The van der Waals surface area contributed by atoms with Crippen molar-refractivity contribution in [2.75, 3.05) is 4.90 Å². The predicted molar refractivity (Wildman–Crippen MR) is 130 cm³/mol. The van der Waals surface area contributed by atoms with Crippen LogP contribution in [0, 0.1) is 10.8 Å². The summed E-state index contributed by atoms with van der Waals surface area (Å²) in [7, 11) is 0. The van der Waals surface area contributed by atoms with Gasteiger partial charge in [-0.25, -0.2) is 0 Å². The van der Waals surface area contributed by atoms with Gasteiger partial charge in [0.1, 0.15) is 0 Å². The second-order valence-electron chi connectivity index (χ2n) is 9.23. The fraction of sp³-hybridized carbons (Fsp3) is 0.310. The number of allylic oxidation sites excluding steroid dienone is 2. The number of fused-ring (bicyclic) bond motifs is 4. The van der Waals surface area contributed by atoms with Crippen molar-refractivity contribution in [2.45, 2.75) is 47.0 Å². The number of nitrogens with zero attached hydrogens (tertiary/aromatic N) is 1. The van der Waals surface area contributed by atoms with E-state index in [1.165, 1.54) is 28.2 Å². The Labute approximate surface area is 182 Å². The Balaban J connectivity index is 0.00000106. The van der Waals surface area contributed by atoms with Crippen LogP contribution in [0.5, 0.6) is 0 Å². The molecule has 1 heteroatoms. The van der Waals surface area contributed by atoms with E-state index in [0.717, 1.165) is 0 Å². The van der Waals surface area contributed by atoms with Gasteiger partial charge in [-0.3, -0.25) is 0 Å². The van der Waals surface area contributed by atoms with Gasteiger partial charge in [0.15, 0.2) is 0 Å². The summed E-state index contributed by atoms with van der Waals surface area (Å²) in [6, 6.07) is 28.7. The molecule has 0 saturated carbocycles. The first-order valence-corrected chi connectivity index (χ1v) is 11.1. The van der Waals surface area contributed by atoms with E-state index in [-0.39, 0.29) is 16.2 Å². The molecule has 0 fully saturated rings. The summed E-state index contributed by atoms with van der Waals surface area (Å²) < 4.78 is 0. The van der Waals surface area contributed by atoms with E-state index < -0.39 is 0 Å². The van der Waals surface area contributed by atoms with Crippen molar-refractivity contribution in [2.24, 2.45) is 10.8 Å². The van der Waals surface area contributed by atoms with Crippen LogP contribution in [0.15, 0.2) is 91.0 Å². The Bertz CT molecular complexity index is 1000. The molecule has 1 heterocycles. The smallest absolute Gasteiger partial charge is 0.0503 e. The molecule has 1 nitrogen and oxygen atoms in total. The highest BCUT2D eigenvalue weighted by Crippen LogP contribution is 2.68. The third-order valence-electron chi connectivity index (χ3n) is 6.96. The van der Waals surface area contributed by atoms with Gasteiger partial charge in [0.05, 0.1) is 11.4 Å². The molecule has 0 aromatic heterocycles. The molecule has 1 aliphatic carbocycles. The normalized spacial score (nSPS) is 18.9. The fourth-order valence-electron chi connectivity index (χ4n) is 5.99. The number of benzene rings is 3. The molecule has 3 aromatic rings. The molecular formula is C29H33N. The fourth-order valence-corrected chi connectivity index (χ4v) is 5.99. The van der Waals surface area contributed by atoms with Gasteiger partial charge in [-0.1, -0.05) is 108 Å². The molecule has 154 valence electrons. The summed E-state index contributed by atoms with van der Waals surface area (Å²) in [5.74, 6) is 0. The number of hydrogen-bond acceptors (Lipinski definition) is 1. The van der Waals surface area contributed by atoms with Gasteiger partial charge in [0.25, 0.3) is 0 Å². The van der Waals surface area contributed by atoms with Crippen LogP contribution in [0.2, 0.25) is 0 Å². The molecule has 3 aromatic carbocycles. The largest absolute Gasteiger partial charge is 0.310 e. The van der Waals surface area contributed by atoms with E-state index in [0.29, 0.717) is 0 Å². The lowest BCUT2D eigenvalue weighted by molar-refractivity contribution is 0.167. The zero-order valence-electron chi connectivity index (χ0n) is 19.1. The second kappa shape index (κ2) is 7.16. The van der Waals surface area contributed by atoms with E-state index in [1.54, 1.807) is 0 Å². The maximum absolute atomic E-state index is 2.43. The van der Waals surface area contributed by atoms with Crippen LogP contribution in [-0.2, 0) is 5.41 Å². The van der Waals surface area contributed by atoms with Gasteiger partial charge >= 0.3 is 0 Å². The molecule has 1 aliphatic heterocycles. The Morgan fingerprint density at radius 1 is 0.533 bits per heavy atom. The van der Waals surface area contributed by atoms with Gasteiger partial charge in [-0.05, 0) is 46.2 Å². The number of para-hydroxylation sites is 3. The van der Waals surface area contributed by atoms with E-state index in [1.807, 2.05) is 13.8 Å². The summed E-state index contributed by atoms with van der Waals surface area (Å²) in [5.41, 5.74) is 6.51. The molecule has 0 bridgehead atoms. The third-order valence-corrected chi connectivity index (χ3v) is 6.96. The van der Waals surface area contributed by atoms with Crippen molar-refractivity contribution < 1.29 is 0 Å². The first kappa shape index (κ1) is 20.5. The molecule has 30 heavy (non-hydrogen) atoms. The Hall–Kier alpha value is -2.80. The lowest BCUT2D eigenvalue weighted by Gasteiger charge is -2.56. The highest BCUT2D eigenvalue weighted by Gasteiger charge is 2.61. The minimum Gasteiger partial charge on any atom is -0.310 e. The van der Waals surface area contributed by atoms with Gasteiger partial charge < -0.3 is 4.90 Å². The van der Waals surface area contributed by atoms with Gasteiger partial charge in [-0.2, -0.15) is 0 Å². The average molecular weight is 396 g/mol. The van der Waals surface area contributed by atoms with Crippen LogP contribution < -0.4 is 4.90 Å². The van der Waals surface area contributed by atoms with Crippen LogP contribution >= 0.6 is 0 Å². The van der Waals surface area contributed by atoms with Crippen LogP contribution in [0.25, 0.3) is 0 Å². The molecule has 1 spiro atoms. The van der Waals surface area contributed by atoms with Crippen molar-refractivity contribution in [1.29, 1.82) is 0 Å². The second-order valence-corrected chi connectivity index (χ2v) is 9.23. The number of hydrogen-bond donors (Lipinski definition) is 0. The molecule has 2 aliphatic rings. The maximum Gasteiger partial charge on any atom is 0.0503 e. The van der Waals surface area contributed by atoms with Crippen LogP contribution in [-0.4, -0.2) is 0 Å². The van der Waals surface area contributed by atoms with Crippen molar-refractivity contribution in [1.82, 2.24) is 0 Å². The minimum atomic E-state index is -0.113. The van der Waals surface area contributed by atoms with Crippen molar-refractivity contribution in [3.63, 3.8) is 0 Å². The van der Waals surface area contributed by atoms with Crippen LogP contribution in [0.4, 0.5) is 17.1 Å². The molecular weight excluding hydrogens is 362 g/mol. The van der Waals surface area contributed by atoms with Crippen LogP contribution in [0.3, 0.4) is 0 Å². The summed E-state index contributed by atoms with van der Waals surface area (Å²) in [6.45, 7) is 13.6. The molecule has 0 amide bonds. The average Bonchev–Trinajstić information content (AvgIpc) is 2.96. The summed E-state index contributed by atoms with van der Waals surface area (Å²) in [6.07, 6.45) is 4.86. The summed E-state index contributed by atoms with van der Waals surface area (Å²) in [4.78, 5) is 2.43. The monoisotopic (exact) mass is 395 g/mol. The lowest BCUT2D eigenvalue weighted by atomic mass is 9.50. The van der Waals surface area contributed by atoms with Crippen molar-refractivity contribution >= 4 is 17.1 Å². The Kier molecular flexibility index (Phi) is 4.89. The van der Waals surface area contributed by atoms with E-state index in [4.69, 9.17) is 0 Å². The number of anilines is 3. The van der Waals surface area contributed by atoms with Crippen molar-refractivity contribution in [3.8, 4) is 0 Å². The number of rotatable bonds is 1. The zero-order valence-corrected chi connectivity index (χ0v) is 19.1. The maximum atomic E-state index is 2.43. The molecule has 0 radical (unpaired) electrons. The van der Waals surface area contributed by atoms with Crippen molar-refractivity contribution in [3.05, 3.63) is 102 Å². The van der Waals surface area contributed by atoms with E-state index in [2.05, 4.69) is 124 Å². The highest BCUT2D eigenvalue weighted by atomic mass is 15.2. The molecule has 0 saturated heterocycles. The summed E-state index contributed by atoms with van der Waals surface area (Å²) in [5, 5.41) is 0.